The first kappa shape index (κ1) is 11.6. The Bertz CT molecular complexity index is 424. The highest BCUT2D eigenvalue weighted by atomic mass is 16.5. The van der Waals surface area contributed by atoms with Crippen molar-refractivity contribution in [3.05, 3.63) is 12.2 Å². The predicted octanol–water partition coefficient (Wildman–Crippen LogP) is 0.522. The van der Waals surface area contributed by atoms with Crippen LogP contribution in [0.3, 0.4) is 0 Å². The predicted molar refractivity (Wildman–Crippen MR) is 58.5 cm³/mol. The molecule has 90 valence electrons. The van der Waals surface area contributed by atoms with Gasteiger partial charge in [-0.2, -0.15) is 5.26 Å². The molecule has 2 aliphatic rings. The van der Waals surface area contributed by atoms with Crippen molar-refractivity contribution in [3.8, 4) is 6.07 Å². The molecule has 2 fully saturated rings. The van der Waals surface area contributed by atoms with E-state index in [0.717, 1.165) is 0 Å². The third-order valence-electron chi connectivity index (χ3n) is 3.36. The second-order valence-electron chi connectivity index (χ2n) is 4.67. The van der Waals surface area contributed by atoms with Crippen molar-refractivity contribution in [1.29, 1.82) is 5.26 Å². The Morgan fingerprint density at radius 1 is 1.65 bits per heavy atom. The van der Waals surface area contributed by atoms with E-state index in [2.05, 4.69) is 18.0 Å². The lowest BCUT2D eigenvalue weighted by molar-refractivity contribution is -0.157. The van der Waals surface area contributed by atoms with Crippen LogP contribution in [-0.2, 0) is 14.3 Å². The van der Waals surface area contributed by atoms with E-state index in [0.29, 0.717) is 12.0 Å². The van der Waals surface area contributed by atoms with E-state index in [4.69, 9.17) is 10.00 Å². The molecule has 0 aromatic rings. The molecule has 0 radical (unpaired) electrons. The van der Waals surface area contributed by atoms with Crippen molar-refractivity contribution in [2.45, 2.75) is 31.9 Å². The molecule has 5 nitrogen and oxygen atoms in total. The maximum Gasteiger partial charge on any atom is 0.306 e. The summed E-state index contributed by atoms with van der Waals surface area (Å²) in [5.41, 5.74) is 0.412. The Labute approximate surface area is 99.4 Å². The van der Waals surface area contributed by atoms with Gasteiger partial charge in [0.05, 0.1) is 24.4 Å². The van der Waals surface area contributed by atoms with Gasteiger partial charge in [-0.05, 0) is 19.3 Å². The van der Waals surface area contributed by atoms with E-state index in [9.17, 15) is 9.59 Å². The summed E-state index contributed by atoms with van der Waals surface area (Å²) in [5, 5.41) is 11.8. The van der Waals surface area contributed by atoms with Gasteiger partial charge in [-0.15, -0.1) is 0 Å². The van der Waals surface area contributed by atoms with Gasteiger partial charge in [-0.1, -0.05) is 6.58 Å². The van der Waals surface area contributed by atoms with Gasteiger partial charge in [0.1, 0.15) is 6.10 Å². The monoisotopic (exact) mass is 234 g/mol. The van der Waals surface area contributed by atoms with Crippen LogP contribution >= 0.6 is 0 Å². The van der Waals surface area contributed by atoms with Crippen LogP contribution in [0.25, 0.3) is 0 Å². The third kappa shape index (κ3) is 2.03. The molecule has 4 unspecified atom stereocenters. The first-order chi connectivity index (χ1) is 8.02. The van der Waals surface area contributed by atoms with E-state index in [1.165, 1.54) is 0 Å². The summed E-state index contributed by atoms with van der Waals surface area (Å²) in [6.45, 7) is 5.18. The largest absolute Gasteiger partial charge is 0.459 e. The normalized spacial score (nSPS) is 34.7. The van der Waals surface area contributed by atoms with Crippen molar-refractivity contribution in [2.24, 2.45) is 11.8 Å². The molecule has 1 aliphatic heterocycles. The highest BCUT2D eigenvalue weighted by molar-refractivity contribution is 5.92. The number of ether oxygens (including phenoxy) is 1. The SMILES string of the molecule is C=C(C)C(=O)NC1C2CC(=O)OC1C(C#N)C2. The number of hydrogen-bond donors (Lipinski definition) is 1. The van der Waals surface area contributed by atoms with Crippen LogP contribution < -0.4 is 5.32 Å². The van der Waals surface area contributed by atoms with E-state index >= 15 is 0 Å². The fourth-order valence-corrected chi connectivity index (χ4v) is 2.51. The minimum Gasteiger partial charge on any atom is -0.459 e. The van der Waals surface area contributed by atoms with Gasteiger partial charge in [0.2, 0.25) is 5.91 Å². The molecule has 2 rings (SSSR count). The zero-order valence-corrected chi connectivity index (χ0v) is 9.60. The molecular formula is C12H14N2O3. The Balaban J connectivity index is 2.14. The van der Waals surface area contributed by atoms with Gasteiger partial charge < -0.3 is 10.1 Å². The van der Waals surface area contributed by atoms with Crippen molar-refractivity contribution < 1.29 is 14.3 Å². The Morgan fingerprint density at radius 2 is 2.35 bits per heavy atom. The molecule has 1 N–H and O–H groups in total. The molecule has 17 heavy (non-hydrogen) atoms. The first-order valence-corrected chi connectivity index (χ1v) is 5.58. The fraction of sp³-hybridized carbons (Fsp3) is 0.583. The lowest BCUT2D eigenvalue weighted by Crippen LogP contribution is -2.50. The van der Waals surface area contributed by atoms with Crippen LogP contribution in [0.2, 0.25) is 0 Å². The fourth-order valence-electron chi connectivity index (χ4n) is 2.51. The van der Waals surface area contributed by atoms with Gasteiger partial charge in [0.25, 0.3) is 0 Å². The van der Waals surface area contributed by atoms with Gasteiger partial charge in [0, 0.05) is 5.57 Å². The minimum atomic E-state index is -0.505. The summed E-state index contributed by atoms with van der Waals surface area (Å²) in [6, 6.07) is 1.89. The molecule has 5 heteroatoms. The van der Waals surface area contributed by atoms with Gasteiger partial charge in [-0.3, -0.25) is 9.59 Å². The molecule has 0 spiro atoms. The molecule has 4 atom stereocenters. The van der Waals surface area contributed by atoms with Crippen molar-refractivity contribution in [1.82, 2.24) is 5.32 Å². The van der Waals surface area contributed by atoms with Crippen LogP contribution in [0.4, 0.5) is 0 Å². The lowest BCUT2D eigenvalue weighted by Gasteiger charge is -2.30. The van der Waals surface area contributed by atoms with E-state index < -0.39 is 6.10 Å². The number of hydrogen-bond acceptors (Lipinski definition) is 4. The number of esters is 1. The van der Waals surface area contributed by atoms with Crippen LogP contribution in [0.1, 0.15) is 19.8 Å². The number of rotatable bonds is 2. The maximum absolute atomic E-state index is 11.6. The Hall–Kier alpha value is -1.83. The molecular weight excluding hydrogens is 220 g/mol. The molecule has 1 aliphatic carbocycles. The van der Waals surface area contributed by atoms with E-state index in [-0.39, 0.29) is 36.2 Å². The van der Waals surface area contributed by atoms with Crippen molar-refractivity contribution in [2.75, 3.05) is 0 Å². The summed E-state index contributed by atoms with van der Waals surface area (Å²) in [5.74, 6) is -0.837. The van der Waals surface area contributed by atoms with Crippen molar-refractivity contribution in [3.63, 3.8) is 0 Å². The maximum atomic E-state index is 11.6. The molecule has 2 bridgehead atoms. The highest BCUT2D eigenvalue weighted by Crippen LogP contribution is 2.39. The van der Waals surface area contributed by atoms with Gasteiger partial charge >= 0.3 is 5.97 Å². The number of fused-ring (bicyclic) bond motifs is 2. The van der Waals surface area contributed by atoms with Crippen LogP contribution in [-0.4, -0.2) is 24.0 Å². The standard InChI is InChI=1S/C12H14N2O3/c1-6(2)12(16)14-10-7-3-8(5-13)11(10)17-9(15)4-7/h7-8,10-11H,1,3-4H2,2H3,(H,14,16). The van der Waals surface area contributed by atoms with E-state index in [1.807, 2.05) is 0 Å². The first-order valence-electron chi connectivity index (χ1n) is 5.58. The third-order valence-corrected chi connectivity index (χ3v) is 3.36. The summed E-state index contributed by atoms with van der Waals surface area (Å²) in [4.78, 5) is 22.9. The van der Waals surface area contributed by atoms with Crippen LogP contribution in [0.5, 0.6) is 0 Å². The Morgan fingerprint density at radius 3 is 2.94 bits per heavy atom. The molecule has 0 aromatic carbocycles. The number of nitrogens with one attached hydrogen (secondary N) is 1. The lowest BCUT2D eigenvalue weighted by atomic mass is 9.96. The van der Waals surface area contributed by atoms with Gasteiger partial charge in [0.15, 0.2) is 0 Å². The average molecular weight is 234 g/mol. The highest BCUT2D eigenvalue weighted by Gasteiger charge is 2.50. The van der Waals surface area contributed by atoms with Crippen molar-refractivity contribution >= 4 is 11.9 Å². The second kappa shape index (κ2) is 4.21. The minimum absolute atomic E-state index is 0.00852. The zero-order chi connectivity index (χ0) is 12.6. The number of amides is 1. The summed E-state index contributed by atoms with van der Waals surface area (Å²) >= 11 is 0. The molecule has 1 saturated heterocycles. The van der Waals surface area contributed by atoms with Crippen LogP contribution in [0, 0.1) is 23.2 Å². The number of nitriles is 1. The number of carbonyl (C=O) groups excluding carboxylic acids is 2. The van der Waals surface area contributed by atoms with Crippen LogP contribution in [0.15, 0.2) is 12.2 Å². The Kier molecular flexibility index (Phi) is 2.88. The average Bonchev–Trinajstić information content (AvgIpc) is 2.48. The second-order valence-corrected chi connectivity index (χ2v) is 4.67. The zero-order valence-electron chi connectivity index (χ0n) is 9.60. The molecule has 1 amide bonds. The van der Waals surface area contributed by atoms with Gasteiger partial charge in [-0.25, -0.2) is 0 Å². The topological polar surface area (TPSA) is 79.2 Å². The number of carbonyl (C=O) groups is 2. The quantitative estimate of drug-likeness (QED) is 0.558. The number of nitrogens with zero attached hydrogens (tertiary/aromatic N) is 1. The smallest absolute Gasteiger partial charge is 0.306 e. The van der Waals surface area contributed by atoms with E-state index in [1.54, 1.807) is 6.92 Å². The summed E-state index contributed by atoms with van der Waals surface area (Å²) in [7, 11) is 0. The molecule has 0 aromatic heterocycles. The summed E-state index contributed by atoms with van der Waals surface area (Å²) < 4.78 is 5.17. The molecule has 1 heterocycles. The molecule has 1 saturated carbocycles. The summed E-state index contributed by atoms with van der Waals surface area (Å²) in [6.07, 6.45) is 0.374.